The normalized spacial score (nSPS) is 24.2. The first kappa shape index (κ1) is 20.3. The number of rotatable bonds is 4. The Morgan fingerprint density at radius 3 is 2.58 bits per heavy atom. The lowest BCUT2D eigenvalue weighted by atomic mass is 9.92. The van der Waals surface area contributed by atoms with Crippen LogP contribution in [0.4, 0.5) is 32.1 Å². The second kappa shape index (κ2) is 7.93. The number of piperidine rings is 1. The molecule has 10 heteroatoms. The van der Waals surface area contributed by atoms with Crippen LogP contribution in [0.5, 0.6) is 0 Å². The van der Waals surface area contributed by atoms with Gasteiger partial charge < -0.3 is 15.1 Å². The van der Waals surface area contributed by atoms with Crippen LogP contribution in [0.25, 0.3) is 0 Å². The number of nitrogens with one attached hydrogen (secondary N) is 1. The van der Waals surface area contributed by atoms with Crippen LogP contribution in [0.15, 0.2) is 30.5 Å². The lowest BCUT2D eigenvalue weighted by Gasteiger charge is -2.39. The SMILES string of the molecule is Cc1cc(N2CC3CC[C@@H](C2)[C@@H]3Nc2nc3n(n2)CCCN3c2ccc(F)c(F)c2)cnn1. The number of hydrogen-bond donors (Lipinski definition) is 1. The van der Waals surface area contributed by atoms with E-state index in [0.717, 1.165) is 43.5 Å². The second-order valence-electron chi connectivity index (χ2n) is 9.29. The molecule has 8 nitrogen and oxygen atoms in total. The summed E-state index contributed by atoms with van der Waals surface area (Å²) in [6.07, 6.45) is 5.05. The summed E-state index contributed by atoms with van der Waals surface area (Å²) in [5.41, 5.74) is 2.65. The highest BCUT2D eigenvalue weighted by Crippen LogP contribution is 2.40. The quantitative estimate of drug-likeness (QED) is 0.649. The molecular formula is C23H26F2N8. The standard InChI is InChI=1S/C23H26F2N8/c1-14-9-18(11-26-29-14)31-12-15-3-4-16(13-31)21(15)27-22-28-23-32(7-2-8-33(23)30-22)17-5-6-19(24)20(25)10-17/h5-6,9-11,15-16,21H,2-4,7-8,12-13H2,1H3,(H,27,30)/t15-,16?,21-/m0/s1. The lowest BCUT2D eigenvalue weighted by molar-refractivity contribution is 0.376. The molecule has 3 atom stereocenters. The highest BCUT2D eigenvalue weighted by molar-refractivity contribution is 5.59. The van der Waals surface area contributed by atoms with Crippen molar-refractivity contribution in [2.75, 3.05) is 34.8 Å². The zero-order chi connectivity index (χ0) is 22.5. The molecule has 1 unspecified atom stereocenters. The van der Waals surface area contributed by atoms with E-state index in [2.05, 4.69) is 26.5 Å². The molecule has 2 aromatic heterocycles. The summed E-state index contributed by atoms with van der Waals surface area (Å²) in [7, 11) is 0. The average Bonchev–Trinajstić information content (AvgIpc) is 3.31. The molecule has 6 rings (SSSR count). The van der Waals surface area contributed by atoms with Crippen LogP contribution in [0.2, 0.25) is 0 Å². The summed E-state index contributed by atoms with van der Waals surface area (Å²) < 4.78 is 29.1. The summed E-state index contributed by atoms with van der Waals surface area (Å²) in [5.74, 6) is 0.568. The van der Waals surface area contributed by atoms with Crippen LogP contribution < -0.4 is 15.1 Å². The first-order chi connectivity index (χ1) is 16.0. The molecule has 33 heavy (non-hydrogen) atoms. The van der Waals surface area contributed by atoms with E-state index in [1.54, 1.807) is 6.07 Å². The highest BCUT2D eigenvalue weighted by Gasteiger charge is 2.43. The number of benzene rings is 1. The Hall–Kier alpha value is -3.30. The van der Waals surface area contributed by atoms with Gasteiger partial charge in [0.15, 0.2) is 11.6 Å². The van der Waals surface area contributed by atoms with Crippen molar-refractivity contribution in [1.29, 1.82) is 0 Å². The topological polar surface area (TPSA) is 75.0 Å². The van der Waals surface area contributed by atoms with Crippen molar-refractivity contribution >= 4 is 23.3 Å². The van der Waals surface area contributed by atoms with E-state index in [9.17, 15) is 8.78 Å². The van der Waals surface area contributed by atoms with Crippen LogP contribution in [0.1, 0.15) is 25.0 Å². The van der Waals surface area contributed by atoms with E-state index >= 15 is 0 Å². The van der Waals surface area contributed by atoms with E-state index < -0.39 is 11.6 Å². The second-order valence-corrected chi connectivity index (χ2v) is 9.29. The van der Waals surface area contributed by atoms with Gasteiger partial charge in [0.25, 0.3) is 0 Å². The number of fused-ring (bicyclic) bond motifs is 3. The fourth-order valence-electron chi connectivity index (χ4n) is 5.57. The van der Waals surface area contributed by atoms with Crippen molar-refractivity contribution in [3.63, 3.8) is 0 Å². The van der Waals surface area contributed by atoms with Crippen molar-refractivity contribution in [3.8, 4) is 0 Å². The van der Waals surface area contributed by atoms with Gasteiger partial charge in [-0.2, -0.15) is 15.2 Å². The van der Waals surface area contributed by atoms with Gasteiger partial charge in [-0.3, -0.25) is 0 Å². The summed E-state index contributed by atoms with van der Waals surface area (Å²) in [5, 5.41) is 16.5. The minimum Gasteiger partial charge on any atom is -0.369 e. The molecule has 3 aliphatic rings. The Labute approximate surface area is 190 Å². The molecule has 0 radical (unpaired) electrons. The molecule has 1 aromatic carbocycles. The monoisotopic (exact) mass is 452 g/mol. The molecule has 2 fully saturated rings. The molecule has 2 aliphatic heterocycles. The molecule has 1 saturated carbocycles. The van der Waals surface area contributed by atoms with Crippen LogP contribution in [0, 0.1) is 30.4 Å². The third-order valence-corrected chi connectivity index (χ3v) is 7.12. The maximum Gasteiger partial charge on any atom is 0.244 e. The minimum atomic E-state index is -0.856. The van der Waals surface area contributed by atoms with Crippen molar-refractivity contribution in [2.24, 2.45) is 11.8 Å². The van der Waals surface area contributed by atoms with Crippen LogP contribution in [-0.4, -0.2) is 50.6 Å². The Morgan fingerprint density at radius 2 is 1.82 bits per heavy atom. The van der Waals surface area contributed by atoms with Gasteiger partial charge in [0.2, 0.25) is 11.9 Å². The van der Waals surface area contributed by atoms with Gasteiger partial charge in [0.1, 0.15) is 0 Å². The van der Waals surface area contributed by atoms with E-state index in [4.69, 9.17) is 10.1 Å². The fraction of sp³-hybridized carbons (Fsp3) is 0.478. The molecule has 3 aromatic rings. The average molecular weight is 453 g/mol. The van der Waals surface area contributed by atoms with Crippen LogP contribution in [-0.2, 0) is 6.54 Å². The summed E-state index contributed by atoms with van der Waals surface area (Å²) in [6.45, 7) is 5.34. The van der Waals surface area contributed by atoms with Crippen molar-refractivity contribution in [3.05, 3.63) is 47.8 Å². The molecule has 2 bridgehead atoms. The van der Waals surface area contributed by atoms with Crippen LogP contribution in [0.3, 0.4) is 0 Å². The van der Waals surface area contributed by atoms with Gasteiger partial charge >= 0.3 is 0 Å². The molecular weight excluding hydrogens is 426 g/mol. The van der Waals surface area contributed by atoms with Gasteiger partial charge in [-0.15, -0.1) is 5.10 Å². The predicted molar refractivity (Wildman–Crippen MR) is 121 cm³/mol. The summed E-state index contributed by atoms with van der Waals surface area (Å²) in [6, 6.07) is 6.38. The Balaban J connectivity index is 1.21. The van der Waals surface area contributed by atoms with E-state index in [0.29, 0.717) is 42.0 Å². The number of anilines is 4. The zero-order valence-corrected chi connectivity index (χ0v) is 18.5. The number of hydrogen-bond acceptors (Lipinski definition) is 7. The third kappa shape index (κ3) is 3.67. The van der Waals surface area contributed by atoms with Gasteiger partial charge in [-0.1, -0.05) is 0 Å². The first-order valence-electron chi connectivity index (χ1n) is 11.5. The maximum atomic E-state index is 13.8. The summed E-state index contributed by atoms with van der Waals surface area (Å²) >= 11 is 0. The Bertz CT molecular complexity index is 1170. The molecule has 172 valence electrons. The highest BCUT2D eigenvalue weighted by atomic mass is 19.2. The first-order valence-corrected chi connectivity index (χ1v) is 11.5. The molecule has 0 spiro atoms. The van der Waals surface area contributed by atoms with Crippen molar-refractivity contribution in [1.82, 2.24) is 25.0 Å². The van der Waals surface area contributed by atoms with Crippen molar-refractivity contribution < 1.29 is 8.78 Å². The van der Waals surface area contributed by atoms with Gasteiger partial charge in [-0.05, 0) is 56.2 Å². The van der Waals surface area contributed by atoms with Gasteiger partial charge in [-0.25, -0.2) is 13.5 Å². The van der Waals surface area contributed by atoms with Crippen LogP contribution >= 0.6 is 0 Å². The minimum absolute atomic E-state index is 0.318. The van der Waals surface area contributed by atoms with Crippen molar-refractivity contribution in [2.45, 2.75) is 38.8 Å². The largest absolute Gasteiger partial charge is 0.369 e. The third-order valence-electron chi connectivity index (χ3n) is 7.12. The van der Waals surface area contributed by atoms with Gasteiger partial charge in [0, 0.05) is 44.0 Å². The molecule has 4 heterocycles. The number of aryl methyl sites for hydroxylation is 2. The molecule has 1 saturated heterocycles. The fourth-order valence-corrected chi connectivity index (χ4v) is 5.57. The maximum absolute atomic E-state index is 13.8. The lowest BCUT2D eigenvalue weighted by Crippen LogP contribution is -2.48. The van der Waals surface area contributed by atoms with Gasteiger partial charge in [0.05, 0.1) is 17.6 Å². The smallest absolute Gasteiger partial charge is 0.244 e. The zero-order valence-electron chi connectivity index (χ0n) is 18.5. The Morgan fingerprint density at radius 1 is 1.00 bits per heavy atom. The molecule has 1 aliphatic carbocycles. The molecule has 1 N–H and O–H groups in total. The van der Waals surface area contributed by atoms with E-state index in [-0.39, 0.29) is 0 Å². The van der Waals surface area contributed by atoms with E-state index in [1.807, 2.05) is 22.7 Å². The number of halogens is 2. The summed E-state index contributed by atoms with van der Waals surface area (Å²) in [4.78, 5) is 9.08. The predicted octanol–water partition coefficient (Wildman–Crippen LogP) is 3.52. The number of aromatic nitrogens is 5. The number of nitrogens with zero attached hydrogens (tertiary/aromatic N) is 7. The molecule has 0 amide bonds. The van der Waals surface area contributed by atoms with E-state index in [1.165, 1.54) is 18.9 Å². The Kier molecular flexibility index (Phi) is 4.88.